The number of nitriles is 2. The number of rotatable bonds is 13. The topological polar surface area (TPSA) is 219 Å². The van der Waals surface area contributed by atoms with Gasteiger partial charge in [0.25, 0.3) is 21.9 Å². The second-order valence-electron chi connectivity index (χ2n) is 16.5. The number of anilines is 2. The third-order valence-electron chi connectivity index (χ3n) is 11.9. The van der Waals surface area contributed by atoms with Gasteiger partial charge in [-0.25, -0.2) is 9.59 Å². The number of nitrogens with zero attached hydrogens (tertiary/aromatic N) is 6. The molecule has 0 saturated carbocycles. The van der Waals surface area contributed by atoms with Crippen LogP contribution in [0.15, 0.2) is 120 Å². The Bertz CT molecular complexity index is 2820. The zero-order chi connectivity index (χ0) is 51.4. The normalized spacial score (nSPS) is 18.1. The van der Waals surface area contributed by atoms with E-state index in [2.05, 4.69) is 16.0 Å². The van der Waals surface area contributed by atoms with Gasteiger partial charge in [0.05, 0.1) is 99.2 Å². The fourth-order valence-corrected chi connectivity index (χ4v) is 8.46. The fourth-order valence-electron chi connectivity index (χ4n) is 8.46. The lowest BCUT2D eigenvalue weighted by molar-refractivity contribution is -0.138. The van der Waals surface area contributed by atoms with Gasteiger partial charge < -0.3 is 25.8 Å². The van der Waals surface area contributed by atoms with E-state index in [4.69, 9.17) is 4.55 Å². The minimum absolute atomic E-state index is 0.0578. The first kappa shape index (κ1) is 51.1. The van der Waals surface area contributed by atoms with E-state index >= 15 is 0 Å². The van der Waals surface area contributed by atoms with Gasteiger partial charge in [-0.15, -0.1) is 0 Å². The molecule has 4 aromatic rings. The van der Waals surface area contributed by atoms with Gasteiger partial charge in [-0.05, 0) is 105 Å². The van der Waals surface area contributed by atoms with E-state index < -0.39 is 69.6 Å². The van der Waals surface area contributed by atoms with Gasteiger partial charge in [0, 0.05) is 13.1 Å². The van der Waals surface area contributed by atoms with Crippen LogP contribution in [0.1, 0.15) is 65.2 Å². The predicted octanol–water partition coefficient (Wildman–Crippen LogP) is 7.17. The summed E-state index contributed by atoms with van der Waals surface area (Å²) in [6, 6.07) is 21.8. The molecule has 0 saturated heterocycles. The highest BCUT2D eigenvalue weighted by Gasteiger charge is 2.47. The van der Waals surface area contributed by atoms with Crippen LogP contribution in [0.4, 0.5) is 47.3 Å². The van der Waals surface area contributed by atoms with Crippen molar-refractivity contribution in [1.82, 2.24) is 25.8 Å². The molecule has 0 aliphatic carbocycles. The fraction of sp³-hybridized carbons (Fsp3) is 0.292. The number of hydrogen-bond donors (Lipinski definition) is 4. The molecule has 71 heavy (non-hydrogen) atoms. The number of halogens is 6. The lowest BCUT2D eigenvalue weighted by atomic mass is 9.94. The quantitative estimate of drug-likeness (QED) is 0.0601. The molecule has 4 aliphatic rings. The summed E-state index contributed by atoms with van der Waals surface area (Å²) < 4.78 is 109. The maximum atomic E-state index is 14.0. The first-order chi connectivity index (χ1) is 33.6. The Morgan fingerprint density at radius 1 is 0.648 bits per heavy atom. The monoisotopic (exact) mass is 1000 g/mol. The average molecular weight is 1000 g/mol. The highest BCUT2D eigenvalue weighted by Crippen LogP contribution is 2.42. The molecular weight excluding hydrogens is 961 g/mol. The van der Waals surface area contributed by atoms with Crippen LogP contribution >= 0.6 is 0 Å². The molecule has 0 unspecified atom stereocenters. The second-order valence-corrected chi connectivity index (χ2v) is 18.2. The summed E-state index contributed by atoms with van der Waals surface area (Å²) in [5.41, 5.74) is 0.511. The van der Waals surface area contributed by atoms with Gasteiger partial charge in [-0.3, -0.25) is 23.9 Å². The van der Waals surface area contributed by atoms with E-state index in [-0.39, 0.29) is 65.8 Å². The number of carbonyl (C=O) groups is 4. The predicted molar refractivity (Wildman–Crippen MR) is 244 cm³/mol. The van der Waals surface area contributed by atoms with Crippen LogP contribution in [0.2, 0.25) is 0 Å². The molecule has 23 heteroatoms. The first-order valence-corrected chi connectivity index (χ1v) is 23.5. The highest BCUT2D eigenvalue weighted by molar-refractivity contribution is 7.85. The van der Waals surface area contributed by atoms with Gasteiger partial charge in [0.1, 0.15) is 0 Å². The van der Waals surface area contributed by atoms with Gasteiger partial charge in [0.15, 0.2) is 0 Å². The molecule has 4 aliphatic heterocycles. The maximum Gasteiger partial charge on any atom is 0.416 e. The Morgan fingerprint density at radius 3 is 1.34 bits per heavy atom. The third kappa shape index (κ3) is 11.3. The Balaban J connectivity index is 0.00000116. The molecule has 8 rings (SSSR count). The Kier molecular flexibility index (Phi) is 14.9. The van der Waals surface area contributed by atoms with E-state index in [1.54, 1.807) is 24.3 Å². The maximum absolute atomic E-state index is 14.0. The molecule has 16 nitrogen and oxygen atoms in total. The average Bonchev–Trinajstić information content (AvgIpc) is 3.84. The standard InChI is InChI=1S/C46H37F6N9O4.C2H6O3S/c47-45(48,49)31-5-1-7-33(21-31)60-35-25-58(41(62)37(35)39(56-43(60)64)29-13-9-27(23-53)10-14-29)19-3-17-55-18-4-20-59-26-36-38(42(59)63)40(30-15-11-28(24-54)12-16-30)57-44(65)61(36)34-8-2-6-32(22-34)46(50,51)52;1-2-6(3,4)5/h1-2,5-16,21-22,39-40,55H,3-4,17-20,25-26H2,(H,56,64)(H,57,65);2H2,1H3,(H,3,4,5)/t39-,40-;/m1./s1. The van der Waals surface area contributed by atoms with Gasteiger partial charge >= 0.3 is 24.4 Å². The number of amides is 6. The molecule has 370 valence electrons. The van der Waals surface area contributed by atoms with Gasteiger partial charge in [0.2, 0.25) is 0 Å². The van der Waals surface area contributed by atoms with Crippen molar-refractivity contribution in [3.05, 3.63) is 153 Å². The SMILES string of the molecule is CCS(=O)(=O)O.N#Cc1ccc([C@H]2NC(=O)N(c3cccc(C(F)(F)F)c3)C3=C2C(=O)N(CCCNCCCN2CC4=C(C2=O)[C@@H](c2ccc(C#N)cc2)NC(=O)N4c2cccc(C(F)(F)F)c2)C3)cc1. The summed E-state index contributed by atoms with van der Waals surface area (Å²) in [4.78, 5) is 60.5. The minimum Gasteiger partial charge on any atom is -0.333 e. The zero-order valence-electron chi connectivity index (χ0n) is 37.5. The van der Waals surface area contributed by atoms with Gasteiger partial charge in [-0.1, -0.05) is 36.4 Å². The van der Waals surface area contributed by atoms with Crippen LogP contribution in [0, 0.1) is 22.7 Å². The largest absolute Gasteiger partial charge is 0.416 e. The molecule has 0 aromatic heterocycles. The Morgan fingerprint density at radius 2 is 1.01 bits per heavy atom. The van der Waals surface area contributed by atoms with E-state index in [1.807, 2.05) is 12.1 Å². The van der Waals surface area contributed by atoms with Crippen LogP contribution in [0.5, 0.6) is 0 Å². The summed E-state index contributed by atoms with van der Waals surface area (Å²) >= 11 is 0. The smallest absolute Gasteiger partial charge is 0.333 e. The molecule has 2 atom stereocenters. The first-order valence-electron chi connectivity index (χ1n) is 21.9. The van der Waals surface area contributed by atoms with E-state index in [9.17, 15) is 64.5 Å². The highest BCUT2D eigenvalue weighted by atomic mass is 32.2. The van der Waals surface area contributed by atoms with Crippen LogP contribution in [0.25, 0.3) is 0 Å². The van der Waals surface area contributed by atoms with E-state index in [1.165, 1.54) is 65.3 Å². The van der Waals surface area contributed by atoms with Crippen LogP contribution < -0.4 is 25.8 Å². The Hall–Kier alpha value is -7.73. The number of urea groups is 2. The third-order valence-corrected chi connectivity index (χ3v) is 12.7. The van der Waals surface area contributed by atoms with Crippen molar-refractivity contribution in [1.29, 1.82) is 10.5 Å². The molecule has 6 amide bonds. The number of hydrogen-bond acceptors (Lipinski definition) is 9. The Labute approximate surface area is 403 Å². The second kappa shape index (κ2) is 20.7. The van der Waals surface area contributed by atoms with E-state index in [0.717, 1.165) is 34.1 Å². The number of carbonyl (C=O) groups excluding carboxylic acids is 4. The van der Waals surface area contributed by atoms with Crippen molar-refractivity contribution in [3.63, 3.8) is 0 Å². The summed E-state index contributed by atoms with van der Waals surface area (Å²) in [6.45, 7) is 2.51. The summed E-state index contributed by atoms with van der Waals surface area (Å²) in [7, 11) is -3.66. The molecule has 0 radical (unpaired) electrons. The van der Waals surface area contributed by atoms with Crippen molar-refractivity contribution in [2.75, 3.05) is 54.8 Å². The summed E-state index contributed by atoms with van der Waals surface area (Å²) in [6.07, 6.45) is -8.49. The van der Waals surface area contributed by atoms with Crippen molar-refractivity contribution in [2.24, 2.45) is 0 Å². The van der Waals surface area contributed by atoms with E-state index in [0.29, 0.717) is 48.2 Å². The number of alkyl halides is 6. The van der Waals surface area contributed by atoms with Crippen molar-refractivity contribution in [3.8, 4) is 12.1 Å². The zero-order valence-corrected chi connectivity index (χ0v) is 38.3. The molecule has 0 fully saturated rings. The summed E-state index contributed by atoms with van der Waals surface area (Å²) in [5.74, 6) is -1.03. The van der Waals surface area contributed by atoms with Crippen molar-refractivity contribution in [2.45, 2.75) is 44.2 Å². The van der Waals surface area contributed by atoms with Crippen molar-refractivity contribution < 1.29 is 58.5 Å². The lowest BCUT2D eigenvalue weighted by Gasteiger charge is -2.34. The minimum atomic E-state index is -4.68. The number of nitrogens with one attached hydrogen (secondary N) is 3. The summed E-state index contributed by atoms with van der Waals surface area (Å²) in [5, 5.41) is 27.4. The van der Waals surface area contributed by atoms with Gasteiger partial charge in [-0.2, -0.15) is 45.3 Å². The lowest BCUT2D eigenvalue weighted by Crippen LogP contribution is -2.47. The molecule has 4 heterocycles. The van der Waals surface area contributed by atoms with Crippen LogP contribution in [-0.4, -0.2) is 91.7 Å². The number of benzene rings is 4. The molecule has 0 bridgehead atoms. The van der Waals surface area contributed by atoms with Crippen LogP contribution in [-0.2, 0) is 32.1 Å². The molecule has 4 aromatic carbocycles. The molecule has 4 N–H and O–H groups in total. The molecule has 0 spiro atoms. The van der Waals surface area contributed by atoms with Crippen molar-refractivity contribution >= 4 is 45.4 Å². The van der Waals surface area contributed by atoms with Crippen LogP contribution in [0.3, 0.4) is 0 Å². The molecular formula is C48H43F6N9O7S.